The quantitative estimate of drug-likeness (QED) is 0.293. The zero-order valence-corrected chi connectivity index (χ0v) is 10.3. The van der Waals surface area contributed by atoms with Gasteiger partial charge >= 0.3 is 0 Å². The van der Waals surface area contributed by atoms with Crippen molar-refractivity contribution >= 4 is 6.21 Å². The fourth-order valence-corrected chi connectivity index (χ4v) is 1.12. The van der Waals surface area contributed by atoms with Gasteiger partial charge in [-0.15, -0.1) is 22.3 Å². The van der Waals surface area contributed by atoms with Crippen LogP contribution in [-0.4, -0.2) is 16.5 Å². The van der Waals surface area contributed by atoms with Gasteiger partial charge in [0.1, 0.15) is 0 Å². The van der Waals surface area contributed by atoms with Crippen molar-refractivity contribution in [3.05, 3.63) is 59.7 Å². The summed E-state index contributed by atoms with van der Waals surface area (Å²) in [5.41, 5.74) is 1.53. The third kappa shape index (κ3) is 5.01. The van der Waals surface area contributed by atoms with Gasteiger partial charge in [0.25, 0.3) is 0 Å². The molecule has 2 aromatic rings. The predicted octanol–water partition coefficient (Wildman–Crippen LogP) is 2.11. The average molecular weight is 304 g/mol. The van der Waals surface area contributed by atoms with E-state index < -0.39 is 0 Å². The molecule has 2 N–H and O–H groups in total. The largest absolute Gasteiger partial charge is 0.748 e. The maximum atomic E-state index is 8.69. The maximum absolute atomic E-state index is 8.69. The molecule has 0 saturated heterocycles. The van der Waals surface area contributed by atoms with Gasteiger partial charge in [-0.2, -0.15) is 12.1 Å². The van der Waals surface area contributed by atoms with Gasteiger partial charge in [-0.3, -0.25) is 0 Å². The molecule has 4 heteroatoms. The Bertz CT molecular complexity index is 362. The molecule has 0 aliphatic carbocycles. The monoisotopic (exact) mass is 305 g/mol. The summed E-state index contributed by atoms with van der Waals surface area (Å²) in [6.07, 6.45) is 1.30. The van der Waals surface area contributed by atoms with Gasteiger partial charge in [-0.05, 0) is 6.21 Å². The molecule has 3 nitrogen and oxygen atoms in total. The molecule has 0 bridgehead atoms. The van der Waals surface area contributed by atoms with Crippen LogP contribution in [0.2, 0.25) is 0 Å². The van der Waals surface area contributed by atoms with Crippen LogP contribution in [0.3, 0.4) is 0 Å². The number of aliphatic hydroxyl groups excluding tert-OH is 1. The van der Waals surface area contributed by atoms with E-state index in [1.807, 2.05) is 30.3 Å². The zero-order chi connectivity index (χ0) is 10.9. The third-order valence-electron chi connectivity index (χ3n) is 1.87. The zero-order valence-electron chi connectivity index (χ0n) is 8.60. The Labute approximate surface area is 108 Å². The Balaban J connectivity index is 0.000000318. The van der Waals surface area contributed by atoms with Gasteiger partial charge in [-0.25, -0.2) is 0 Å². The number of nitrogens with zero attached hydrogens (tertiary/aromatic N) is 1. The van der Waals surface area contributed by atoms with E-state index >= 15 is 0 Å². The summed E-state index contributed by atoms with van der Waals surface area (Å²) in [6, 6.07) is 15.3. The number of aliphatic hydroxyl groups is 1. The second-order valence-corrected chi connectivity index (χ2v) is 2.87. The van der Waals surface area contributed by atoms with Crippen LogP contribution in [0.15, 0.2) is 53.7 Å². The summed E-state index contributed by atoms with van der Waals surface area (Å²) in [7, 11) is 0. The first-order chi connectivity index (χ1) is 7.38. The smallest absolute Gasteiger partial charge is 0.0347 e. The van der Waals surface area contributed by atoms with Crippen LogP contribution < -0.4 is 0 Å². The number of hydrogen-bond acceptors (Lipinski definition) is 3. The fraction of sp³-hybridized carbons (Fsp3) is 0.0833. The van der Waals surface area contributed by atoms with Crippen LogP contribution in [-0.2, 0) is 26.1 Å². The van der Waals surface area contributed by atoms with E-state index in [0.29, 0.717) is 0 Å². The topological polar surface area (TPSA) is 52.8 Å². The van der Waals surface area contributed by atoms with E-state index in [-0.39, 0.29) is 26.1 Å². The first-order valence-electron chi connectivity index (χ1n) is 4.58. The minimum atomic E-state index is -0.0195. The molecule has 0 aliphatic heterocycles. The van der Waals surface area contributed by atoms with Crippen molar-refractivity contribution in [1.82, 2.24) is 0 Å². The van der Waals surface area contributed by atoms with Crippen LogP contribution in [0.1, 0.15) is 11.1 Å². The van der Waals surface area contributed by atoms with Crippen molar-refractivity contribution in [1.29, 1.82) is 0 Å². The number of hydrogen-bond donors (Lipinski definition) is 2. The van der Waals surface area contributed by atoms with Crippen LogP contribution >= 0.6 is 0 Å². The van der Waals surface area contributed by atoms with E-state index in [9.17, 15) is 0 Å². The minimum Gasteiger partial charge on any atom is -0.748 e. The molecule has 0 radical (unpaired) electrons. The predicted molar refractivity (Wildman–Crippen MR) is 59.4 cm³/mol. The molecular formula is C12H13NO2Ru-6. The normalized spacial score (nSPS) is 9.31. The van der Waals surface area contributed by atoms with Crippen molar-refractivity contribution < 1.29 is 29.8 Å². The number of rotatable bonds is 2. The summed E-state index contributed by atoms with van der Waals surface area (Å²) in [6.45, 7) is -0.0195. The molecule has 0 heterocycles. The van der Waals surface area contributed by atoms with Crippen LogP contribution in [0, 0.1) is 0 Å². The van der Waals surface area contributed by atoms with Gasteiger partial charge in [0, 0.05) is 26.1 Å². The van der Waals surface area contributed by atoms with Crippen molar-refractivity contribution in [3.8, 4) is 0 Å². The van der Waals surface area contributed by atoms with Crippen molar-refractivity contribution in [3.63, 3.8) is 0 Å². The van der Waals surface area contributed by atoms with E-state index in [0.717, 1.165) is 11.1 Å². The SMILES string of the molecule is OC[c-]1cccc1C=NO.[Ru].[cH-]1[cH-][cH-][cH-][cH-]1. The van der Waals surface area contributed by atoms with Gasteiger partial charge in [0.15, 0.2) is 0 Å². The molecule has 0 saturated carbocycles. The third-order valence-corrected chi connectivity index (χ3v) is 1.87. The summed E-state index contributed by atoms with van der Waals surface area (Å²) in [4.78, 5) is 0. The van der Waals surface area contributed by atoms with Crippen molar-refractivity contribution in [2.24, 2.45) is 5.16 Å². The summed E-state index contributed by atoms with van der Waals surface area (Å²) < 4.78 is 0. The summed E-state index contributed by atoms with van der Waals surface area (Å²) in [5.74, 6) is 0. The molecule has 0 spiro atoms. The molecule has 0 aliphatic rings. The second kappa shape index (κ2) is 9.01. The Morgan fingerprint density at radius 1 is 1.25 bits per heavy atom. The summed E-state index contributed by atoms with van der Waals surface area (Å²) >= 11 is 0. The Kier molecular flexibility index (Phi) is 8.31. The molecule has 0 unspecified atom stereocenters. The van der Waals surface area contributed by atoms with Gasteiger partial charge in [0.2, 0.25) is 0 Å². The molecule has 0 fully saturated rings. The Morgan fingerprint density at radius 2 is 1.81 bits per heavy atom. The van der Waals surface area contributed by atoms with E-state index in [1.165, 1.54) is 6.21 Å². The molecule has 0 aromatic heterocycles. The molecule has 2 rings (SSSR count). The molecule has 16 heavy (non-hydrogen) atoms. The Hall–Kier alpha value is -1.25. The van der Waals surface area contributed by atoms with E-state index in [4.69, 9.17) is 10.3 Å². The van der Waals surface area contributed by atoms with Gasteiger partial charge < -0.3 is 40.6 Å². The first kappa shape index (κ1) is 14.8. The van der Waals surface area contributed by atoms with Gasteiger partial charge in [-0.1, -0.05) is 0 Å². The van der Waals surface area contributed by atoms with Crippen LogP contribution in [0.5, 0.6) is 0 Å². The molecule has 0 atom stereocenters. The molecule has 2 aromatic carbocycles. The second-order valence-electron chi connectivity index (χ2n) is 2.87. The molecule has 0 amide bonds. The van der Waals surface area contributed by atoms with Crippen molar-refractivity contribution in [2.45, 2.75) is 6.61 Å². The van der Waals surface area contributed by atoms with E-state index in [1.54, 1.807) is 18.2 Å². The standard InChI is InChI=1S/C7H8NO2.C5H5.Ru/c9-5-7-3-1-2-6(7)4-8-10;1-2-4-5-3-1;/h1-4,9-10H,5H2;1-5H;/q-1;-5;. The first-order valence-corrected chi connectivity index (χ1v) is 4.58. The van der Waals surface area contributed by atoms with E-state index in [2.05, 4.69) is 5.16 Å². The minimum absolute atomic E-state index is 0. The molecule has 92 valence electrons. The van der Waals surface area contributed by atoms with Crippen molar-refractivity contribution in [2.75, 3.05) is 0 Å². The van der Waals surface area contributed by atoms with Gasteiger partial charge in [0.05, 0.1) is 0 Å². The maximum Gasteiger partial charge on any atom is 0.0347 e. The number of oxime groups is 1. The van der Waals surface area contributed by atoms with Crippen LogP contribution in [0.25, 0.3) is 0 Å². The fourth-order valence-electron chi connectivity index (χ4n) is 1.12. The molecular weight excluding hydrogens is 291 g/mol. The summed E-state index contributed by atoms with van der Waals surface area (Å²) in [5, 5.41) is 19.7. The Morgan fingerprint density at radius 3 is 2.25 bits per heavy atom. The van der Waals surface area contributed by atoms with Crippen LogP contribution in [0.4, 0.5) is 0 Å². The average Bonchev–Trinajstić information content (AvgIpc) is 2.92.